The quantitative estimate of drug-likeness (QED) is 0.686. The number of nitrogens with zero attached hydrogens (tertiary/aromatic N) is 7. The number of aromatic nitrogens is 5. The van der Waals surface area contributed by atoms with E-state index in [4.69, 9.17) is 9.78 Å². The van der Waals surface area contributed by atoms with Crippen LogP contribution in [0.4, 0.5) is 0 Å². The van der Waals surface area contributed by atoms with Gasteiger partial charge in [-0.15, -0.1) is 5.10 Å². The van der Waals surface area contributed by atoms with Crippen LogP contribution >= 0.6 is 0 Å². The van der Waals surface area contributed by atoms with Crippen molar-refractivity contribution in [3.05, 3.63) is 47.4 Å². The molecule has 140 valence electrons. The van der Waals surface area contributed by atoms with Crippen LogP contribution in [0.1, 0.15) is 53.0 Å². The molecule has 2 aliphatic rings. The van der Waals surface area contributed by atoms with Gasteiger partial charge in [-0.25, -0.2) is 4.68 Å². The summed E-state index contributed by atoms with van der Waals surface area (Å²) in [7, 11) is 0. The summed E-state index contributed by atoms with van der Waals surface area (Å²) in [5.74, 6) is 1.46. The van der Waals surface area contributed by atoms with Gasteiger partial charge < -0.3 is 9.42 Å². The van der Waals surface area contributed by atoms with Crippen molar-refractivity contribution < 1.29 is 9.32 Å². The third-order valence-corrected chi connectivity index (χ3v) is 5.18. The zero-order chi connectivity index (χ0) is 19.1. The first kappa shape index (κ1) is 16.6. The van der Waals surface area contributed by atoms with Gasteiger partial charge in [-0.05, 0) is 37.5 Å². The topological polar surface area (TPSA) is 114 Å². The molecular weight excluding hydrogens is 358 g/mol. The third kappa shape index (κ3) is 3.03. The van der Waals surface area contributed by atoms with E-state index < -0.39 is 0 Å². The molecule has 2 fully saturated rings. The van der Waals surface area contributed by atoms with E-state index in [9.17, 15) is 4.79 Å². The van der Waals surface area contributed by atoms with Gasteiger partial charge in [-0.2, -0.15) is 10.2 Å². The minimum Gasteiger partial charge on any atom is -0.336 e. The zero-order valence-corrected chi connectivity index (χ0v) is 15.0. The Balaban J connectivity index is 1.28. The van der Waals surface area contributed by atoms with Gasteiger partial charge in [-0.3, -0.25) is 4.79 Å². The van der Waals surface area contributed by atoms with Gasteiger partial charge in [0.15, 0.2) is 11.5 Å². The SMILES string of the molecule is N#Cc1cccc(C(=O)N2CCC(n3cc(-c4nc(C5CC5)no4)nn3)C2)c1. The second-order valence-electron chi connectivity index (χ2n) is 7.20. The van der Waals surface area contributed by atoms with Crippen LogP contribution in [0, 0.1) is 11.3 Å². The summed E-state index contributed by atoms with van der Waals surface area (Å²) in [5.41, 5.74) is 1.55. The van der Waals surface area contributed by atoms with Crippen LogP contribution in [0.3, 0.4) is 0 Å². The van der Waals surface area contributed by atoms with Crippen molar-refractivity contribution in [2.75, 3.05) is 13.1 Å². The molecule has 5 rings (SSSR count). The van der Waals surface area contributed by atoms with Crippen LogP contribution in [0.5, 0.6) is 0 Å². The van der Waals surface area contributed by atoms with Crippen LogP contribution in [0.15, 0.2) is 35.0 Å². The number of amides is 1. The van der Waals surface area contributed by atoms with E-state index in [0.29, 0.717) is 41.7 Å². The van der Waals surface area contributed by atoms with Crippen molar-refractivity contribution >= 4 is 5.91 Å². The Hall–Kier alpha value is -3.54. The van der Waals surface area contributed by atoms with Crippen molar-refractivity contribution in [2.24, 2.45) is 0 Å². The lowest BCUT2D eigenvalue weighted by Gasteiger charge is -2.16. The third-order valence-electron chi connectivity index (χ3n) is 5.18. The molecule has 3 heterocycles. The highest BCUT2D eigenvalue weighted by Crippen LogP contribution is 2.38. The molecule has 0 N–H and O–H groups in total. The van der Waals surface area contributed by atoms with Crippen molar-refractivity contribution in [1.29, 1.82) is 5.26 Å². The molecule has 1 aromatic carbocycles. The van der Waals surface area contributed by atoms with E-state index in [1.807, 2.05) is 0 Å². The molecule has 2 aromatic heterocycles. The minimum absolute atomic E-state index is 0.0372. The molecule has 1 unspecified atom stereocenters. The summed E-state index contributed by atoms with van der Waals surface area (Å²) >= 11 is 0. The number of benzene rings is 1. The Kier molecular flexibility index (Phi) is 3.90. The molecule has 9 nitrogen and oxygen atoms in total. The average Bonchev–Trinajstić information content (AvgIpc) is 3.16. The van der Waals surface area contributed by atoms with Crippen LogP contribution in [0.25, 0.3) is 11.6 Å². The van der Waals surface area contributed by atoms with Crippen molar-refractivity contribution in [1.82, 2.24) is 30.0 Å². The summed E-state index contributed by atoms with van der Waals surface area (Å²) in [4.78, 5) is 18.9. The summed E-state index contributed by atoms with van der Waals surface area (Å²) in [6, 6.07) is 8.87. The maximum absolute atomic E-state index is 12.7. The molecule has 28 heavy (non-hydrogen) atoms. The van der Waals surface area contributed by atoms with Crippen LogP contribution in [-0.2, 0) is 0 Å². The highest BCUT2D eigenvalue weighted by Gasteiger charge is 2.31. The summed E-state index contributed by atoms with van der Waals surface area (Å²) < 4.78 is 7.06. The molecule has 0 bridgehead atoms. The smallest absolute Gasteiger partial charge is 0.280 e. The number of rotatable bonds is 4. The maximum atomic E-state index is 12.7. The fourth-order valence-corrected chi connectivity index (χ4v) is 3.45. The Labute approximate surface area is 160 Å². The molecule has 1 aliphatic carbocycles. The minimum atomic E-state index is -0.0779. The van der Waals surface area contributed by atoms with Gasteiger partial charge in [0.25, 0.3) is 11.8 Å². The fraction of sp³-hybridized carbons (Fsp3) is 0.368. The molecule has 1 atom stereocenters. The molecule has 3 aromatic rings. The van der Waals surface area contributed by atoms with Gasteiger partial charge >= 0.3 is 0 Å². The maximum Gasteiger partial charge on any atom is 0.280 e. The van der Waals surface area contributed by atoms with Crippen LogP contribution < -0.4 is 0 Å². The summed E-state index contributed by atoms with van der Waals surface area (Å²) in [6.07, 6.45) is 4.78. The van der Waals surface area contributed by atoms with E-state index >= 15 is 0 Å². The number of likely N-dealkylation sites (tertiary alicyclic amines) is 1. The van der Waals surface area contributed by atoms with E-state index in [1.54, 1.807) is 40.0 Å². The molecule has 0 spiro atoms. The number of hydrogen-bond donors (Lipinski definition) is 0. The van der Waals surface area contributed by atoms with Gasteiger partial charge in [0.05, 0.1) is 23.9 Å². The van der Waals surface area contributed by atoms with Gasteiger partial charge in [0, 0.05) is 24.6 Å². The molecule has 1 saturated carbocycles. The molecule has 1 aliphatic heterocycles. The first-order chi connectivity index (χ1) is 13.7. The van der Waals surface area contributed by atoms with Crippen LogP contribution in [-0.4, -0.2) is 49.0 Å². The monoisotopic (exact) mass is 375 g/mol. The van der Waals surface area contributed by atoms with Gasteiger partial charge in [-0.1, -0.05) is 16.4 Å². The Morgan fingerprint density at radius 1 is 1.29 bits per heavy atom. The largest absolute Gasteiger partial charge is 0.336 e. The first-order valence-corrected chi connectivity index (χ1v) is 9.26. The predicted molar refractivity (Wildman–Crippen MR) is 96.0 cm³/mol. The summed E-state index contributed by atoms with van der Waals surface area (Å²) in [5, 5.41) is 21.4. The van der Waals surface area contributed by atoms with E-state index in [-0.39, 0.29) is 11.9 Å². The Bertz CT molecular complexity index is 1080. The molecule has 0 radical (unpaired) electrons. The lowest BCUT2D eigenvalue weighted by atomic mass is 10.1. The van der Waals surface area contributed by atoms with Crippen LogP contribution in [0.2, 0.25) is 0 Å². The van der Waals surface area contributed by atoms with Crippen molar-refractivity contribution in [3.8, 4) is 17.7 Å². The fourth-order valence-electron chi connectivity index (χ4n) is 3.45. The first-order valence-electron chi connectivity index (χ1n) is 9.26. The van der Waals surface area contributed by atoms with Gasteiger partial charge in [0.2, 0.25) is 0 Å². The molecule has 1 amide bonds. The molecular formula is C19H17N7O2. The lowest BCUT2D eigenvalue weighted by Crippen LogP contribution is -2.29. The van der Waals surface area contributed by atoms with E-state index in [0.717, 1.165) is 25.1 Å². The predicted octanol–water partition coefficient (Wildman–Crippen LogP) is 2.16. The number of carbonyl (C=O) groups is 1. The highest BCUT2D eigenvalue weighted by molar-refractivity contribution is 5.94. The highest BCUT2D eigenvalue weighted by atomic mass is 16.5. The van der Waals surface area contributed by atoms with Gasteiger partial charge in [0.1, 0.15) is 0 Å². The Morgan fingerprint density at radius 2 is 2.18 bits per heavy atom. The number of hydrogen-bond acceptors (Lipinski definition) is 7. The number of nitriles is 1. The van der Waals surface area contributed by atoms with Crippen molar-refractivity contribution in [2.45, 2.75) is 31.2 Å². The second-order valence-corrected chi connectivity index (χ2v) is 7.20. The zero-order valence-electron chi connectivity index (χ0n) is 15.0. The average molecular weight is 375 g/mol. The lowest BCUT2D eigenvalue weighted by molar-refractivity contribution is 0.0787. The standard InChI is InChI=1S/C19H17N7O2/c20-9-12-2-1-3-14(8-12)19(27)25-7-6-15(10-25)26-11-16(22-24-26)18-21-17(23-28-18)13-4-5-13/h1-3,8,11,13,15H,4-7,10H2. The Morgan fingerprint density at radius 3 is 3.00 bits per heavy atom. The molecule has 9 heteroatoms. The second kappa shape index (κ2) is 6.56. The van der Waals surface area contributed by atoms with Crippen molar-refractivity contribution in [3.63, 3.8) is 0 Å². The summed E-state index contributed by atoms with van der Waals surface area (Å²) in [6.45, 7) is 1.16. The number of carbonyl (C=O) groups excluding carboxylic acids is 1. The molecule has 1 saturated heterocycles. The van der Waals surface area contributed by atoms with E-state index in [2.05, 4.69) is 26.5 Å². The van der Waals surface area contributed by atoms with E-state index in [1.165, 1.54) is 0 Å². The normalized spacial score (nSPS) is 19.0.